The maximum Gasteiger partial charge on any atom is 0.270 e. The number of carbonyl (C=O) groups excluding carboxylic acids is 1. The van der Waals surface area contributed by atoms with Gasteiger partial charge in [0, 0.05) is 19.2 Å². The predicted molar refractivity (Wildman–Crippen MR) is 109 cm³/mol. The molecule has 2 N–H and O–H groups in total. The second-order valence-corrected chi connectivity index (χ2v) is 6.90. The summed E-state index contributed by atoms with van der Waals surface area (Å²) in [5.74, 6) is 2.30. The number of amides is 1. The minimum Gasteiger partial charge on any atom is -0.454 e. The van der Waals surface area contributed by atoms with Gasteiger partial charge in [0.05, 0.1) is 0 Å². The van der Waals surface area contributed by atoms with Crippen LogP contribution in [0.5, 0.6) is 11.5 Å². The van der Waals surface area contributed by atoms with Crippen molar-refractivity contribution in [3.63, 3.8) is 0 Å². The molecule has 0 aliphatic carbocycles. The second kappa shape index (κ2) is 8.18. The van der Waals surface area contributed by atoms with Gasteiger partial charge in [0.1, 0.15) is 17.3 Å². The van der Waals surface area contributed by atoms with Crippen LogP contribution in [-0.2, 0) is 13.1 Å². The molecule has 0 saturated heterocycles. The van der Waals surface area contributed by atoms with Crippen LogP contribution in [0.15, 0.2) is 48.5 Å². The Labute approximate surface area is 169 Å². The second-order valence-electron chi connectivity index (χ2n) is 6.90. The largest absolute Gasteiger partial charge is 0.454 e. The molecule has 3 aromatic rings. The zero-order chi connectivity index (χ0) is 20.2. The van der Waals surface area contributed by atoms with Crippen LogP contribution in [0.25, 0.3) is 0 Å². The van der Waals surface area contributed by atoms with Gasteiger partial charge >= 0.3 is 0 Å². The molecule has 148 valence electrons. The number of aryl methyl sites for hydroxylation is 2. The van der Waals surface area contributed by atoms with Crippen LogP contribution in [-0.4, -0.2) is 22.7 Å². The lowest BCUT2D eigenvalue weighted by Gasteiger charge is -2.10. The number of nitrogens with one attached hydrogen (secondary N) is 2. The molecule has 7 heteroatoms. The molecule has 1 amide bonds. The van der Waals surface area contributed by atoms with E-state index < -0.39 is 0 Å². The number of carbonyl (C=O) groups is 1. The Balaban J connectivity index is 1.39. The number of aromatic nitrogens is 2. The number of fused-ring (bicyclic) bond motifs is 1. The number of ether oxygens (including phenoxy) is 2. The molecule has 0 saturated carbocycles. The highest BCUT2D eigenvalue weighted by molar-refractivity contribution is 5.92. The molecular formula is C22H22N4O3. The number of rotatable bonds is 6. The first-order valence-electron chi connectivity index (χ1n) is 9.39. The third-order valence-electron chi connectivity index (χ3n) is 4.55. The van der Waals surface area contributed by atoms with Gasteiger partial charge in [-0.3, -0.25) is 4.79 Å². The van der Waals surface area contributed by atoms with E-state index in [2.05, 4.69) is 51.8 Å². The molecule has 0 atom stereocenters. The number of nitrogens with zero attached hydrogens (tertiary/aromatic N) is 2. The molecule has 0 spiro atoms. The molecule has 0 fully saturated rings. The lowest BCUT2D eigenvalue weighted by Crippen LogP contribution is -2.24. The maximum atomic E-state index is 12.6. The van der Waals surface area contributed by atoms with Crippen LogP contribution in [0.2, 0.25) is 0 Å². The Morgan fingerprint density at radius 1 is 0.931 bits per heavy atom. The van der Waals surface area contributed by atoms with Crippen molar-refractivity contribution in [2.75, 3.05) is 12.1 Å². The first-order valence-corrected chi connectivity index (χ1v) is 9.39. The van der Waals surface area contributed by atoms with Gasteiger partial charge in [-0.25, -0.2) is 9.97 Å². The van der Waals surface area contributed by atoms with Crippen LogP contribution in [0.4, 0.5) is 5.82 Å². The van der Waals surface area contributed by atoms with Gasteiger partial charge in [-0.1, -0.05) is 35.9 Å². The maximum absolute atomic E-state index is 12.6. The van der Waals surface area contributed by atoms with E-state index in [9.17, 15) is 4.79 Å². The van der Waals surface area contributed by atoms with Crippen molar-refractivity contribution in [3.05, 3.63) is 76.7 Å². The summed E-state index contributed by atoms with van der Waals surface area (Å²) in [7, 11) is 0. The van der Waals surface area contributed by atoms with Gasteiger partial charge in [0.15, 0.2) is 11.5 Å². The van der Waals surface area contributed by atoms with Crippen molar-refractivity contribution in [3.8, 4) is 11.5 Å². The first-order chi connectivity index (χ1) is 14.1. The van der Waals surface area contributed by atoms with Gasteiger partial charge in [-0.15, -0.1) is 0 Å². The van der Waals surface area contributed by atoms with E-state index in [1.54, 1.807) is 13.0 Å². The van der Waals surface area contributed by atoms with Crippen molar-refractivity contribution in [1.82, 2.24) is 15.3 Å². The zero-order valence-electron chi connectivity index (χ0n) is 16.4. The van der Waals surface area contributed by atoms with Crippen molar-refractivity contribution < 1.29 is 14.3 Å². The summed E-state index contributed by atoms with van der Waals surface area (Å²) in [4.78, 5) is 21.2. The fraction of sp³-hybridized carbons (Fsp3) is 0.227. The number of hydrogen-bond donors (Lipinski definition) is 2. The highest BCUT2D eigenvalue weighted by atomic mass is 16.7. The Morgan fingerprint density at radius 3 is 2.52 bits per heavy atom. The minimum absolute atomic E-state index is 0.226. The van der Waals surface area contributed by atoms with Crippen LogP contribution in [0, 0.1) is 13.8 Å². The van der Waals surface area contributed by atoms with Crippen molar-refractivity contribution in [1.29, 1.82) is 0 Å². The normalized spacial score (nSPS) is 11.9. The molecule has 2 aromatic carbocycles. The SMILES string of the molecule is Cc1ccc(CNc2cc(C(=O)NCc3ccc4c(c3)OCO4)nc(C)n2)cc1. The number of benzene rings is 2. The molecule has 2 heterocycles. The predicted octanol–water partition coefficient (Wildman–Crippen LogP) is 3.36. The van der Waals surface area contributed by atoms with Crippen LogP contribution < -0.4 is 20.1 Å². The summed E-state index contributed by atoms with van der Waals surface area (Å²) < 4.78 is 10.7. The van der Waals surface area contributed by atoms with E-state index in [1.807, 2.05) is 18.2 Å². The van der Waals surface area contributed by atoms with E-state index >= 15 is 0 Å². The minimum atomic E-state index is -0.258. The average Bonchev–Trinajstić information content (AvgIpc) is 3.19. The summed E-state index contributed by atoms with van der Waals surface area (Å²) in [6, 6.07) is 15.5. The highest BCUT2D eigenvalue weighted by Gasteiger charge is 2.14. The van der Waals surface area contributed by atoms with Gasteiger partial charge in [0.25, 0.3) is 5.91 Å². The Bertz CT molecular complexity index is 1030. The van der Waals surface area contributed by atoms with Gasteiger partial charge < -0.3 is 20.1 Å². The van der Waals surface area contributed by atoms with E-state index in [1.165, 1.54) is 5.56 Å². The molecule has 0 radical (unpaired) electrons. The van der Waals surface area contributed by atoms with Crippen molar-refractivity contribution in [2.24, 2.45) is 0 Å². The average molecular weight is 390 g/mol. The molecule has 1 aliphatic heterocycles. The zero-order valence-corrected chi connectivity index (χ0v) is 16.4. The fourth-order valence-electron chi connectivity index (χ4n) is 3.00. The van der Waals surface area contributed by atoms with Gasteiger partial charge in [-0.05, 0) is 37.1 Å². The molecular weight excluding hydrogens is 368 g/mol. The number of hydrogen-bond acceptors (Lipinski definition) is 6. The molecule has 0 unspecified atom stereocenters. The fourth-order valence-corrected chi connectivity index (χ4v) is 3.00. The summed E-state index contributed by atoms with van der Waals surface area (Å²) in [5.41, 5.74) is 3.60. The summed E-state index contributed by atoms with van der Waals surface area (Å²) in [5, 5.41) is 6.14. The standard InChI is InChI=1S/C22H22N4O3/c1-14-3-5-16(6-4-14)11-23-21-10-18(25-15(2)26-21)22(27)24-12-17-7-8-19-20(9-17)29-13-28-19/h3-10H,11-13H2,1-2H3,(H,24,27)(H,23,25,26). The quantitative estimate of drug-likeness (QED) is 0.671. The van der Waals surface area contributed by atoms with Gasteiger partial charge in [-0.2, -0.15) is 0 Å². The van der Waals surface area contributed by atoms with Gasteiger partial charge in [0.2, 0.25) is 6.79 Å². The lowest BCUT2D eigenvalue weighted by atomic mass is 10.1. The molecule has 1 aromatic heterocycles. The van der Waals surface area contributed by atoms with E-state index in [0.29, 0.717) is 36.2 Å². The third kappa shape index (κ3) is 4.63. The lowest BCUT2D eigenvalue weighted by molar-refractivity contribution is 0.0945. The third-order valence-corrected chi connectivity index (χ3v) is 4.55. The summed E-state index contributed by atoms with van der Waals surface area (Å²) >= 11 is 0. The van der Waals surface area contributed by atoms with Crippen molar-refractivity contribution in [2.45, 2.75) is 26.9 Å². The first kappa shape index (κ1) is 18.7. The monoisotopic (exact) mass is 390 g/mol. The Hall–Kier alpha value is -3.61. The Kier molecular flexibility index (Phi) is 5.29. The highest BCUT2D eigenvalue weighted by Crippen LogP contribution is 2.32. The summed E-state index contributed by atoms with van der Waals surface area (Å²) in [6.07, 6.45) is 0. The Morgan fingerprint density at radius 2 is 1.69 bits per heavy atom. The van der Waals surface area contributed by atoms with E-state index in [-0.39, 0.29) is 12.7 Å². The topological polar surface area (TPSA) is 85.4 Å². The number of anilines is 1. The summed E-state index contributed by atoms with van der Waals surface area (Å²) in [6.45, 7) is 5.04. The van der Waals surface area contributed by atoms with E-state index in [4.69, 9.17) is 9.47 Å². The smallest absolute Gasteiger partial charge is 0.270 e. The molecule has 7 nitrogen and oxygen atoms in total. The van der Waals surface area contributed by atoms with Crippen molar-refractivity contribution >= 4 is 11.7 Å². The van der Waals surface area contributed by atoms with E-state index in [0.717, 1.165) is 16.9 Å². The van der Waals surface area contributed by atoms with Crippen LogP contribution in [0.1, 0.15) is 33.0 Å². The molecule has 4 rings (SSSR count). The molecule has 0 bridgehead atoms. The van der Waals surface area contributed by atoms with Crippen LogP contribution >= 0.6 is 0 Å². The molecule has 29 heavy (non-hydrogen) atoms. The molecule has 1 aliphatic rings. The van der Waals surface area contributed by atoms with Crippen LogP contribution in [0.3, 0.4) is 0 Å².